The second kappa shape index (κ2) is 10.7. The van der Waals surface area contributed by atoms with Gasteiger partial charge in [0.2, 0.25) is 6.29 Å². The second-order valence-electron chi connectivity index (χ2n) is 8.86. The van der Waals surface area contributed by atoms with Crippen molar-refractivity contribution in [3.05, 3.63) is 83.2 Å². The fourth-order valence-corrected chi connectivity index (χ4v) is 4.21. The number of nitrogens with one attached hydrogen (secondary N) is 1. The lowest BCUT2D eigenvalue weighted by atomic mass is 9.99. The predicted molar refractivity (Wildman–Crippen MR) is 138 cm³/mol. The zero-order valence-electron chi connectivity index (χ0n) is 20.7. The van der Waals surface area contributed by atoms with E-state index in [-0.39, 0.29) is 5.49 Å². The molecule has 0 aliphatic carbocycles. The quantitative estimate of drug-likeness (QED) is 0.178. The highest BCUT2D eigenvalue weighted by molar-refractivity contribution is 5.80. The molecule has 1 fully saturated rings. The molecule has 1 saturated heterocycles. The summed E-state index contributed by atoms with van der Waals surface area (Å²) in [6.07, 6.45) is -3.92. The van der Waals surface area contributed by atoms with Gasteiger partial charge >= 0.3 is 0 Å². The Bertz CT molecular complexity index is 1610. The van der Waals surface area contributed by atoms with Crippen LogP contribution in [0.3, 0.4) is 0 Å². The first kappa shape index (κ1) is 26.2. The molecule has 0 saturated carbocycles. The smallest absolute Gasteiger partial charge is 0.229 e. The van der Waals surface area contributed by atoms with Gasteiger partial charge in [-0.2, -0.15) is 5.10 Å². The van der Waals surface area contributed by atoms with Crippen LogP contribution in [0.15, 0.2) is 60.0 Å². The van der Waals surface area contributed by atoms with Crippen molar-refractivity contribution in [2.45, 2.75) is 37.6 Å². The van der Waals surface area contributed by atoms with Crippen LogP contribution in [0.1, 0.15) is 11.4 Å². The molecule has 1 aliphatic heterocycles. The molecule has 5 atom stereocenters. The van der Waals surface area contributed by atoms with Gasteiger partial charge in [0.1, 0.15) is 42.3 Å². The highest BCUT2D eigenvalue weighted by Crippen LogP contribution is 2.24. The van der Waals surface area contributed by atoms with E-state index in [1.54, 1.807) is 48.5 Å². The number of nitrogens with zero attached hydrogens (tertiary/aromatic N) is 6. The van der Waals surface area contributed by atoms with Gasteiger partial charge in [0, 0.05) is 5.69 Å². The first-order valence-electron chi connectivity index (χ1n) is 11.9. The summed E-state index contributed by atoms with van der Waals surface area (Å²) in [5.41, 5.74) is 2.87. The third-order valence-electron chi connectivity index (χ3n) is 6.31. The molecule has 4 aromatic rings. The van der Waals surface area contributed by atoms with E-state index >= 15 is 0 Å². The van der Waals surface area contributed by atoms with Crippen LogP contribution in [-0.4, -0.2) is 83.2 Å². The number of aryl methyl sites for hydroxylation is 1. The maximum absolute atomic E-state index is 10.1. The van der Waals surface area contributed by atoms with E-state index in [4.69, 9.17) is 21.5 Å². The third-order valence-corrected chi connectivity index (χ3v) is 6.31. The zero-order chi connectivity index (χ0) is 27.7. The summed E-state index contributed by atoms with van der Waals surface area (Å²) in [5, 5.41) is 52.2. The molecule has 13 heteroatoms. The standard InChI is InChI=1S/C26H25N7O6/c1-14-31-20-24(27)32(13-29-25(20)33(14)17-7-5-16(28-2)6-8-17)30-11-15-3-9-18(10-4-15)38-26-23(37)22(36)21(35)19(12-34)39-26/h3-11,13,19,21-23,26-27,34-37H,12H2,1H3/b27-24?,30-11-. The molecule has 3 heterocycles. The molecule has 2 aromatic carbocycles. The number of hydrogen-bond acceptors (Lipinski definition) is 10. The number of fused-ring (bicyclic) bond motifs is 1. The number of ether oxygens (including phenoxy) is 2. The molecule has 5 unspecified atom stereocenters. The van der Waals surface area contributed by atoms with E-state index < -0.39 is 37.3 Å². The van der Waals surface area contributed by atoms with Crippen molar-refractivity contribution in [1.82, 2.24) is 19.2 Å². The molecule has 1 aliphatic rings. The summed E-state index contributed by atoms with van der Waals surface area (Å²) < 4.78 is 14.1. The molecule has 0 spiro atoms. The molecule has 39 heavy (non-hydrogen) atoms. The Balaban J connectivity index is 1.33. The normalized spacial score (nSPS) is 23.2. The van der Waals surface area contributed by atoms with Crippen LogP contribution in [0.2, 0.25) is 0 Å². The summed E-state index contributed by atoms with van der Waals surface area (Å²) in [6.45, 7) is 8.38. The van der Waals surface area contributed by atoms with Crippen LogP contribution in [-0.2, 0) is 4.74 Å². The van der Waals surface area contributed by atoms with Crippen LogP contribution in [0.5, 0.6) is 5.75 Å². The van der Waals surface area contributed by atoms with Gasteiger partial charge in [-0.3, -0.25) is 9.98 Å². The Morgan fingerprint density at radius 3 is 2.49 bits per heavy atom. The largest absolute Gasteiger partial charge is 0.462 e. The summed E-state index contributed by atoms with van der Waals surface area (Å²) in [6, 6.07) is 13.6. The van der Waals surface area contributed by atoms with Crippen LogP contribution < -0.4 is 10.2 Å². The molecule has 0 radical (unpaired) electrons. The molecule has 200 valence electrons. The minimum Gasteiger partial charge on any atom is -0.462 e. The number of imidazole rings is 1. The van der Waals surface area contributed by atoms with Crippen LogP contribution >= 0.6 is 0 Å². The van der Waals surface area contributed by atoms with Gasteiger partial charge in [-0.1, -0.05) is 12.1 Å². The van der Waals surface area contributed by atoms with Crippen LogP contribution in [0.4, 0.5) is 5.69 Å². The fourth-order valence-electron chi connectivity index (χ4n) is 4.21. The molecule has 5 N–H and O–H groups in total. The lowest BCUT2D eigenvalue weighted by molar-refractivity contribution is -0.277. The van der Waals surface area contributed by atoms with Crippen molar-refractivity contribution < 1.29 is 29.9 Å². The van der Waals surface area contributed by atoms with Crippen molar-refractivity contribution in [2.24, 2.45) is 5.10 Å². The van der Waals surface area contributed by atoms with E-state index in [0.29, 0.717) is 34.0 Å². The summed E-state index contributed by atoms with van der Waals surface area (Å²) in [5.74, 6) is 0.956. The number of hydrogen-bond donors (Lipinski definition) is 5. The molecular formula is C26H25N7O6. The number of aliphatic hydroxyl groups is 4. The molecular weight excluding hydrogens is 506 g/mol. The lowest BCUT2D eigenvalue weighted by Crippen LogP contribution is -2.60. The maximum atomic E-state index is 10.1. The SMILES string of the molecule is [C-]#[N+]c1ccc(-n2c(C)nc3c(=N)n(/N=C\c4ccc(OC5OC(CO)C(O)C(O)C5O)cc4)cnc32)cc1. The fraction of sp³-hybridized carbons (Fsp3) is 0.269. The molecule has 0 bridgehead atoms. The third kappa shape index (κ3) is 5.02. The number of rotatable bonds is 6. The first-order chi connectivity index (χ1) is 18.8. The maximum Gasteiger partial charge on any atom is 0.229 e. The number of aliphatic hydroxyl groups excluding tert-OH is 4. The van der Waals surface area contributed by atoms with Crippen molar-refractivity contribution in [2.75, 3.05) is 6.61 Å². The lowest BCUT2D eigenvalue weighted by Gasteiger charge is -2.39. The van der Waals surface area contributed by atoms with Crippen LogP contribution in [0.25, 0.3) is 21.7 Å². The zero-order valence-corrected chi connectivity index (χ0v) is 20.7. The van der Waals surface area contributed by atoms with Gasteiger partial charge in [-0.25, -0.2) is 19.5 Å². The molecule has 2 aromatic heterocycles. The molecule has 0 amide bonds. The highest BCUT2D eigenvalue weighted by atomic mass is 16.7. The number of benzene rings is 2. The van der Waals surface area contributed by atoms with Gasteiger partial charge in [0.05, 0.1) is 19.4 Å². The van der Waals surface area contributed by atoms with E-state index in [0.717, 1.165) is 5.69 Å². The van der Waals surface area contributed by atoms with Gasteiger partial charge in [-0.05, 0) is 48.9 Å². The summed E-state index contributed by atoms with van der Waals surface area (Å²) in [7, 11) is 0. The predicted octanol–water partition coefficient (Wildman–Crippen LogP) is 0.622. The van der Waals surface area contributed by atoms with Gasteiger partial charge in [0.25, 0.3) is 0 Å². The van der Waals surface area contributed by atoms with Gasteiger partial charge < -0.3 is 29.9 Å². The van der Waals surface area contributed by atoms with Crippen molar-refractivity contribution in [1.29, 1.82) is 5.41 Å². The van der Waals surface area contributed by atoms with Gasteiger partial charge in [-0.15, -0.1) is 0 Å². The van der Waals surface area contributed by atoms with E-state index in [1.807, 2.05) is 11.5 Å². The first-order valence-corrected chi connectivity index (χ1v) is 11.9. The molecule has 5 rings (SSSR count). The molecule has 13 nitrogen and oxygen atoms in total. The average Bonchev–Trinajstić information content (AvgIpc) is 3.30. The van der Waals surface area contributed by atoms with Gasteiger partial charge in [0.15, 0.2) is 22.3 Å². The van der Waals surface area contributed by atoms with Crippen molar-refractivity contribution >= 4 is 23.1 Å². The summed E-state index contributed by atoms with van der Waals surface area (Å²) in [4.78, 5) is 12.4. The van der Waals surface area contributed by atoms with Crippen molar-refractivity contribution in [3.8, 4) is 11.4 Å². The van der Waals surface area contributed by atoms with E-state index in [9.17, 15) is 20.4 Å². The second-order valence-corrected chi connectivity index (χ2v) is 8.86. The Morgan fingerprint density at radius 2 is 1.82 bits per heavy atom. The Morgan fingerprint density at radius 1 is 1.10 bits per heavy atom. The number of aromatic nitrogens is 4. The topological polar surface area (TPSA) is 176 Å². The highest BCUT2D eigenvalue weighted by Gasteiger charge is 2.44. The van der Waals surface area contributed by atoms with Crippen LogP contribution in [0, 0.1) is 18.9 Å². The minimum absolute atomic E-state index is 0.0402. The average molecular weight is 532 g/mol. The minimum atomic E-state index is -1.53. The Kier molecular flexibility index (Phi) is 7.20. The van der Waals surface area contributed by atoms with Crippen molar-refractivity contribution in [3.63, 3.8) is 0 Å². The summed E-state index contributed by atoms with van der Waals surface area (Å²) >= 11 is 0. The Hall–Kier alpha value is -4.45. The van der Waals surface area contributed by atoms with E-state index in [1.165, 1.54) is 17.2 Å². The Labute approximate surface area is 221 Å². The monoisotopic (exact) mass is 531 g/mol. The van der Waals surface area contributed by atoms with E-state index in [2.05, 4.69) is 19.9 Å².